The summed E-state index contributed by atoms with van der Waals surface area (Å²) in [6.45, 7) is 8.81. The minimum absolute atomic E-state index is 0.0337. The molecule has 1 aromatic carbocycles. The van der Waals surface area contributed by atoms with E-state index in [2.05, 4.69) is 20.8 Å². The topological polar surface area (TPSA) is 52.6 Å². The van der Waals surface area contributed by atoms with Crippen LogP contribution in [0.15, 0.2) is 24.3 Å². The summed E-state index contributed by atoms with van der Waals surface area (Å²) in [6, 6.07) is 7.44. The van der Waals surface area contributed by atoms with E-state index in [1.54, 1.807) is 12.1 Å². The van der Waals surface area contributed by atoms with Crippen molar-refractivity contribution >= 4 is 11.9 Å². The van der Waals surface area contributed by atoms with Crippen LogP contribution >= 0.6 is 0 Å². The third-order valence-electron chi connectivity index (χ3n) is 3.25. The Kier molecular flexibility index (Phi) is 7.09. The summed E-state index contributed by atoms with van der Waals surface area (Å²) in [4.78, 5) is 23.1. The third-order valence-corrected chi connectivity index (χ3v) is 3.25. The Labute approximate surface area is 132 Å². The predicted octanol–water partition coefficient (Wildman–Crippen LogP) is 4.01. The predicted molar refractivity (Wildman–Crippen MR) is 85.9 cm³/mol. The highest BCUT2D eigenvalue weighted by Crippen LogP contribution is 2.24. The van der Waals surface area contributed by atoms with Gasteiger partial charge in [0.2, 0.25) is 0 Å². The van der Waals surface area contributed by atoms with Crippen molar-refractivity contribution < 1.29 is 19.1 Å². The van der Waals surface area contributed by atoms with Gasteiger partial charge < -0.3 is 9.47 Å². The highest BCUT2D eigenvalue weighted by molar-refractivity contribution is 5.79. The molecule has 1 rings (SSSR count). The summed E-state index contributed by atoms with van der Waals surface area (Å²) in [5, 5.41) is 0. The van der Waals surface area contributed by atoms with Crippen molar-refractivity contribution in [2.75, 3.05) is 6.61 Å². The number of unbranched alkanes of at least 4 members (excludes halogenated alkanes) is 1. The minimum Gasteiger partial charge on any atom is -0.466 e. The van der Waals surface area contributed by atoms with Crippen molar-refractivity contribution in [1.82, 2.24) is 0 Å². The summed E-state index contributed by atoms with van der Waals surface area (Å²) in [7, 11) is 0. The number of hydrogen-bond donors (Lipinski definition) is 0. The van der Waals surface area contributed by atoms with Gasteiger partial charge in [-0.3, -0.25) is 9.59 Å². The van der Waals surface area contributed by atoms with Gasteiger partial charge in [0, 0.05) is 0 Å². The maximum atomic E-state index is 11.7. The maximum Gasteiger partial charge on any atom is 0.311 e. The maximum absolute atomic E-state index is 11.7. The van der Waals surface area contributed by atoms with Crippen LogP contribution in [0.25, 0.3) is 0 Å². The number of esters is 2. The van der Waals surface area contributed by atoms with E-state index < -0.39 is 5.97 Å². The molecule has 0 fully saturated rings. The number of ether oxygens (including phenoxy) is 2. The third kappa shape index (κ3) is 6.74. The van der Waals surface area contributed by atoms with E-state index in [9.17, 15) is 9.59 Å². The molecule has 0 heterocycles. The lowest BCUT2D eigenvalue weighted by Gasteiger charge is -2.18. The molecule has 1 aromatic rings. The second-order valence-electron chi connectivity index (χ2n) is 6.32. The van der Waals surface area contributed by atoms with Gasteiger partial charge in [-0.25, -0.2) is 0 Å². The molecule has 0 saturated heterocycles. The van der Waals surface area contributed by atoms with Crippen LogP contribution < -0.4 is 4.74 Å². The number of carbonyl (C=O) groups excluding carboxylic acids is 2. The Morgan fingerprint density at radius 2 is 1.59 bits per heavy atom. The average Bonchev–Trinajstić information content (AvgIpc) is 2.45. The second-order valence-corrected chi connectivity index (χ2v) is 6.32. The molecule has 0 amide bonds. The summed E-state index contributed by atoms with van der Waals surface area (Å²) in [5.74, 6) is -0.276. The van der Waals surface area contributed by atoms with Crippen molar-refractivity contribution in [1.29, 1.82) is 0 Å². The lowest BCUT2D eigenvalue weighted by atomic mass is 9.87. The fourth-order valence-electron chi connectivity index (χ4n) is 1.81. The number of benzene rings is 1. The normalized spacial score (nSPS) is 11.1. The van der Waals surface area contributed by atoms with Crippen molar-refractivity contribution in [2.24, 2.45) is 0 Å². The van der Waals surface area contributed by atoms with Crippen LogP contribution in [0.1, 0.15) is 58.9 Å². The molecule has 0 atom stereocenters. The van der Waals surface area contributed by atoms with E-state index in [1.165, 1.54) is 5.56 Å². The van der Waals surface area contributed by atoms with Gasteiger partial charge in [-0.2, -0.15) is 0 Å². The van der Waals surface area contributed by atoms with Crippen molar-refractivity contribution in [3.05, 3.63) is 29.8 Å². The van der Waals surface area contributed by atoms with Crippen molar-refractivity contribution in [3.8, 4) is 5.75 Å². The van der Waals surface area contributed by atoms with Gasteiger partial charge in [-0.15, -0.1) is 0 Å². The molecule has 4 nitrogen and oxygen atoms in total. The van der Waals surface area contributed by atoms with Gasteiger partial charge in [0.1, 0.15) is 5.75 Å². The SMILES string of the molecule is CCCCOC(=O)CCC(=O)Oc1ccc(C(C)(C)C)cc1. The zero-order valence-corrected chi connectivity index (χ0v) is 14.0. The first-order valence-corrected chi connectivity index (χ1v) is 7.79. The molecule has 4 heteroatoms. The molecule has 0 saturated carbocycles. The fraction of sp³-hybridized carbons (Fsp3) is 0.556. The van der Waals surface area contributed by atoms with Crippen LogP contribution in [0.4, 0.5) is 0 Å². The fourth-order valence-corrected chi connectivity index (χ4v) is 1.81. The lowest BCUT2D eigenvalue weighted by molar-refractivity contribution is -0.147. The van der Waals surface area contributed by atoms with Crippen LogP contribution in [-0.2, 0) is 19.7 Å². The molecule has 0 aromatic heterocycles. The Morgan fingerprint density at radius 3 is 2.14 bits per heavy atom. The summed E-state index contributed by atoms with van der Waals surface area (Å²) < 4.78 is 10.2. The van der Waals surface area contributed by atoms with Crippen LogP contribution in [0.3, 0.4) is 0 Å². The first-order valence-electron chi connectivity index (χ1n) is 7.79. The smallest absolute Gasteiger partial charge is 0.311 e. The molecule has 22 heavy (non-hydrogen) atoms. The van der Waals surface area contributed by atoms with E-state index in [0.29, 0.717) is 12.4 Å². The summed E-state index contributed by atoms with van der Waals surface area (Å²) in [5.41, 5.74) is 1.23. The molecule has 0 spiro atoms. The molecule has 0 radical (unpaired) electrons. The number of hydrogen-bond acceptors (Lipinski definition) is 4. The molecule has 0 aliphatic rings. The number of carbonyl (C=O) groups is 2. The van der Waals surface area contributed by atoms with Gasteiger partial charge in [0.25, 0.3) is 0 Å². The largest absolute Gasteiger partial charge is 0.466 e. The van der Waals surface area contributed by atoms with Crippen LogP contribution in [0.5, 0.6) is 5.75 Å². The van der Waals surface area contributed by atoms with Crippen LogP contribution in [0, 0.1) is 0 Å². The van der Waals surface area contributed by atoms with E-state index in [4.69, 9.17) is 9.47 Å². The highest BCUT2D eigenvalue weighted by Gasteiger charge is 2.14. The van der Waals surface area contributed by atoms with Crippen LogP contribution in [0.2, 0.25) is 0 Å². The highest BCUT2D eigenvalue weighted by atomic mass is 16.5. The summed E-state index contributed by atoms with van der Waals surface area (Å²) in [6.07, 6.45) is 1.91. The Bertz CT molecular complexity index is 483. The zero-order valence-electron chi connectivity index (χ0n) is 14.0. The van der Waals surface area contributed by atoms with Gasteiger partial charge in [0.05, 0.1) is 19.4 Å². The molecular weight excluding hydrogens is 280 g/mol. The van der Waals surface area contributed by atoms with E-state index in [1.807, 2.05) is 19.1 Å². The monoisotopic (exact) mass is 306 g/mol. The molecule has 0 aliphatic carbocycles. The van der Waals surface area contributed by atoms with Gasteiger partial charge in [0.15, 0.2) is 0 Å². The van der Waals surface area contributed by atoms with E-state index >= 15 is 0 Å². The summed E-state index contributed by atoms with van der Waals surface area (Å²) >= 11 is 0. The molecule has 0 bridgehead atoms. The number of rotatable bonds is 7. The molecule has 0 unspecified atom stereocenters. The molecule has 0 N–H and O–H groups in total. The van der Waals surface area contributed by atoms with E-state index in [0.717, 1.165) is 12.8 Å². The first kappa shape index (κ1) is 18.2. The van der Waals surface area contributed by atoms with Gasteiger partial charge >= 0.3 is 11.9 Å². The molecule has 0 aliphatic heterocycles. The van der Waals surface area contributed by atoms with Crippen molar-refractivity contribution in [3.63, 3.8) is 0 Å². The quantitative estimate of drug-likeness (QED) is 0.434. The average molecular weight is 306 g/mol. The van der Waals surface area contributed by atoms with E-state index in [-0.39, 0.29) is 24.2 Å². The van der Waals surface area contributed by atoms with Gasteiger partial charge in [-0.1, -0.05) is 46.2 Å². The second kappa shape index (κ2) is 8.57. The zero-order chi connectivity index (χ0) is 16.6. The Hall–Kier alpha value is -1.84. The lowest BCUT2D eigenvalue weighted by Crippen LogP contribution is -2.13. The minimum atomic E-state index is -0.420. The molecular formula is C18H26O4. The standard InChI is InChI=1S/C18H26O4/c1-5-6-13-21-16(19)11-12-17(20)22-15-9-7-14(8-10-15)18(2,3)4/h7-10H,5-6,11-13H2,1-4H3. The Balaban J connectivity index is 2.37. The first-order chi connectivity index (χ1) is 10.3. The van der Waals surface area contributed by atoms with Crippen LogP contribution in [-0.4, -0.2) is 18.5 Å². The van der Waals surface area contributed by atoms with Crippen molar-refractivity contribution in [2.45, 2.75) is 58.8 Å². The Morgan fingerprint density at radius 1 is 1.00 bits per heavy atom. The van der Waals surface area contributed by atoms with Gasteiger partial charge in [-0.05, 0) is 29.5 Å². The molecule has 122 valence electrons.